The predicted octanol–water partition coefficient (Wildman–Crippen LogP) is 0.480. The van der Waals surface area contributed by atoms with E-state index in [2.05, 4.69) is 10.4 Å². The van der Waals surface area contributed by atoms with Crippen LogP contribution in [0.25, 0.3) is 0 Å². The van der Waals surface area contributed by atoms with Crippen molar-refractivity contribution in [1.29, 1.82) is 0 Å². The third-order valence-electron chi connectivity index (χ3n) is 3.69. The maximum atomic E-state index is 12.4. The molecule has 1 atom stereocenters. The molecule has 6 heteroatoms. The lowest BCUT2D eigenvalue weighted by Gasteiger charge is -2.23. The largest absolute Gasteiger partial charge is 0.344 e. The topological polar surface area (TPSA) is 67.2 Å². The molecule has 2 rings (SSSR count). The summed E-state index contributed by atoms with van der Waals surface area (Å²) < 4.78 is 1.81. The lowest BCUT2D eigenvalue weighted by molar-refractivity contribution is -0.133. The molecule has 1 N–H and O–H groups in total. The van der Waals surface area contributed by atoms with E-state index in [-0.39, 0.29) is 17.9 Å². The minimum Gasteiger partial charge on any atom is -0.344 e. The first-order chi connectivity index (χ1) is 9.61. The second-order valence-electron chi connectivity index (χ2n) is 5.18. The lowest BCUT2D eigenvalue weighted by atomic mass is 10.1. The number of nitrogens with zero attached hydrogens (tertiary/aromatic N) is 3. The molecule has 1 aromatic rings. The third kappa shape index (κ3) is 3.37. The average Bonchev–Trinajstić information content (AvgIpc) is 2.77. The summed E-state index contributed by atoms with van der Waals surface area (Å²) in [4.78, 5) is 25.9. The van der Waals surface area contributed by atoms with E-state index in [0.717, 1.165) is 18.5 Å². The number of rotatable bonds is 5. The van der Waals surface area contributed by atoms with Gasteiger partial charge in [-0.25, -0.2) is 0 Å². The molecule has 2 heterocycles. The van der Waals surface area contributed by atoms with Gasteiger partial charge >= 0.3 is 0 Å². The summed E-state index contributed by atoms with van der Waals surface area (Å²) in [6.07, 6.45) is 4.48. The molecule has 110 valence electrons. The van der Waals surface area contributed by atoms with E-state index in [9.17, 15) is 9.59 Å². The Labute approximate surface area is 119 Å². The van der Waals surface area contributed by atoms with E-state index in [0.29, 0.717) is 25.9 Å². The van der Waals surface area contributed by atoms with Gasteiger partial charge in [0.15, 0.2) is 0 Å². The van der Waals surface area contributed by atoms with Gasteiger partial charge in [0.2, 0.25) is 11.8 Å². The summed E-state index contributed by atoms with van der Waals surface area (Å²) in [5, 5.41) is 6.94. The lowest BCUT2D eigenvalue weighted by Crippen LogP contribution is -2.45. The highest BCUT2D eigenvalue weighted by Crippen LogP contribution is 2.10. The van der Waals surface area contributed by atoms with Crippen molar-refractivity contribution in [3.8, 4) is 0 Å². The van der Waals surface area contributed by atoms with Crippen molar-refractivity contribution < 1.29 is 9.59 Å². The zero-order valence-electron chi connectivity index (χ0n) is 12.1. The zero-order valence-corrected chi connectivity index (χ0v) is 12.1. The summed E-state index contributed by atoms with van der Waals surface area (Å²) >= 11 is 0. The molecular formula is C14H22N4O2. The van der Waals surface area contributed by atoms with Crippen LogP contribution in [0.2, 0.25) is 0 Å². The molecule has 0 radical (unpaired) electrons. The molecule has 1 aliphatic rings. The van der Waals surface area contributed by atoms with Crippen molar-refractivity contribution in [2.24, 2.45) is 7.05 Å². The van der Waals surface area contributed by atoms with Crippen LogP contribution < -0.4 is 5.32 Å². The minimum atomic E-state index is -0.360. The average molecular weight is 278 g/mol. The fraction of sp³-hybridized carbons (Fsp3) is 0.643. The highest BCUT2D eigenvalue weighted by molar-refractivity contribution is 5.89. The number of hydrogen-bond donors (Lipinski definition) is 1. The van der Waals surface area contributed by atoms with E-state index in [1.54, 1.807) is 11.1 Å². The molecule has 2 amide bonds. The Hall–Kier alpha value is -1.85. The Morgan fingerprint density at radius 2 is 2.25 bits per heavy atom. The first-order valence-electron chi connectivity index (χ1n) is 7.17. The molecule has 1 aromatic heterocycles. The quantitative estimate of drug-likeness (QED) is 0.852. The van der Waals surface area contributed by atoms with Crippen molar-refractivity contribution in [2.45, 2.75) is 38.6 Å². The van der Waals surface area contributed by atoms with Gasteiger partial charge in [0.05, 0.1) is 0 Å². The fourth-order valence-electron chi connectivity index (χ4n) is 2.50. The van der Waals surface area contributed by atoms with Crippen LogP contribution in [0.15, 0.2) is 12.3 Å². The summed E-state index contributed by atoms with van der Waals surface area (Å²) in [5.74, 6) is 0.0136. The molecule has 1 fully saturated rings. The van der Waals surface area contributed by atoms with Gasteiger partial charge in [-0.05, 0) is 12.5 Å². The second kappa shape index (κ2) is 6.54. The van der Waals surface area contributed by atoms with Gasteiger partial charge in [-0.3, -0.25) is 14.3 Å². The van der Waals surface area contributed by atoms with E-state index in [1.807, 2.05) is 24.7 Å². The molecule has 0 aliphatic carbocycles. The molecule has 1 aliphatic heterocycles. The van der Waals surface area contributed by atoms with Crippen molar-refractivity contribution in [3.05, 3.63) is 18.0 Å². The normalized spacial score (nSPS) is 19.9. The zero-order chi connectivity index (χ0) is 14.5. The van der Waals surface area contributed by atoms with Crippen LogP contribution in [0.5, 0.6) is 0 Å². The van der Waals surface area contributed by atoms with Gasteiger partial charge in [-0.1, -0.05) is 13.3 Å². The molecule has 0 spiro atoms. The Morgan fingerprint density at radius 3 is 2.90 bits per heavy atom. The highest BCUT2D eigenvalue weighted by atomic mass is 16.2. The van der Waals surface area contributed by atoms with Gasteiger partial charge in [-0.2, -0.15) is 5.10 Å². The monoisotopic (exact) mass is 278 g/mol. The molecule has 1 unspecified atom stereocenters. The van der Waals surface area contributed by atoms with Gasteiger partial charge in [0.25, 0.3) is 0 Å². The van der Waals surface area contributed by atoms with E-state index in [1.165, 1.54) is 0 Å². The summed E-state index contributed by atoms with van der Waals surface area (Å²) in [5.41, 5.74) is 1.09. The van der Waals surface area contributed by atoms with Gasteiger partial charge in [0.1, 0.15) is 6.04 Å². The van der Waals surface area contributed by atoms with Gasteiger partial charge in [-0.15, -0.1) is 0 Å². The van der Waals surface area contributed by atoms with Gasteiger partial charge in [0, 0.05) is 44.9 Å². The van der Waals surface area contributed by atoms with Gasteiger partial charge < -0.3 is 10.2 Å². The second-order valence-corrected chi connectivity index (χ2v) is 5.18. The first kappa shape index (κ1) is 14.6. The van der Waals surface area contributed by atoms with Crippen molar-refractivity contribution in [2.75, 3.05) is 13.1 Å². The Bertz CT molecular complexity index is 483. The van der Waals surface area contributed by atoms with E-state index < -0.39 is 0 Å². The SMILES string of the molecule is CCCC1NC(=O)CCN(CCc2ccnn2C)C1=O. The van der Waals surface area contributed by atoms with Crippen LogP contribution in [0.1, 0.15) is 31.9 Å². The molecular weight excluding hydrogens is 256 g/mol. The molecule has 0 saturated carbocycles. The Morgan fingerprint density at radius 1 is 1.45 bits per heavy atom. The predicted molar refractivity (Wildman–Crippen MR) is 74.9 cm³/mol. The molecule has 20 heavy (non-hydrogen) atoms. The van der Waals surface area contributed by atoms with Crippen LogP contribution in [0.3, 0.4) is 0 Å². The van der Waals surface area contributed by atoms with Crippen LogP contribution >= 0.6 is 0 Å². The fourth-order valence-corrected chi connectivity index (χ4v) is 2.50. The number of aromatic nitrogens is 2. The number of nitrogens with one attached hydrogen (secondary N) is 1. The van der Waals surface area contributed by atoms with Crippen LogP contribution in [0, 0.1) is 0 Å². The minimum absolute atomic E-state index is 0.0279. The van der Waals surface area contributed by atoms with Crippen molar-refractivity contribution >= 4 is 11.8 Å². The number of aryl methyl sites for hydroxylation is 1. The molecule has 1 saturated heterocycles. The number of carbonyl (C=O) groups is 2. The van der Waals surface area contributed by atoms with Crippen molar-refractivity contribution in [1.82, 2.24) is 20.0 Å². The Balaban J connectivity index is 2.00. The Kier molecular flexibility index (Phi) is 4.76. The van der Waals surface area contributed by atoms with E-state index in [4.69, 9.17) is 0 Å². The number of amides is 2. The summed E-state index contributed by atoms with van der Waals surface area (Å²) in [6.45, 7) is 3.15. The standard InChI is InChI=1S/C14H22N4O2/c1-3-4-12-14(20)18(10-7-13(19)16-12)9-6-11-5-8-15-17(11)2/h5,8,12H,3-4,6-7,9-10H2,1-2H3,(H,16,19). The molecule has 0 aromatic carbocycles. The smallest absolute Gasteiger partial charge is 0.245 e. The summed E-state index contributed by atoms with van der Waals surface area (Å²) in [6, 6.07) is 1.59. The van der Waals surface area contributed by atoms with Crippen molar-refractivity contribution in [3.63, 3.8) is 0 Å². The van der Waals surface area contributed by atoms with Crippen LogP contribution in [-0.4, -0.2) is 45.6 Å². The van der Waals surface area contributed by atoms with Crippen LogP contribution in [-0.2, 0) is 23.1 Å². The molecule has 6 nitrogen and oxygen atoms in total. The number of hydrogen-bond acceptors (Lipinski definition) is 3. The van der Waals surface area contributed by atoms with E-state index >= 15 is 0 Å². The van der Waals surface area contributed by atoms with Crippen LogP contribution in [0.4, 0.5) is 0 Å². The third-order valence-corrected chi connectivity index (χ3v) is 3.69. The first-order valence-corrected chi connectivity index (χ1v) is 7.17. The maximum Gasteiger partial charge on any atom is 0.245 e. The highest BCUT2D eigenvalue weighted by Gasteiger charge is 2.28. The maximum absolute atomic E-state index is 12.4. The molecule has 0 bridgehead atoms. The summed E-state index contributed by atoms with van der Waals surface area (Å²) in [7, 11) is 1.89. The number of carbonyl (C=O) groups excluding carboxylic acids is 2.